The first-order valence-electron chi connectivity index (χ1n) is 5.59. The van der Waals surface area contributed by atoms with Crippen molar-refractivity contribution in [3.8, 4) is 12.1 Å². The van der Waals surface area contributed by atoms with Crippen molar-refractivity contribution in [3.05, 3.63) is 28.8 Å². The van der Waals surface area contributed by atoms with Gasteiger partial charge in [0.2, 0.25) is 10.0 Å². The Morgan fingerprint density at radius 1 is 1.37 bits per heavy atom. The zero-order valence-corrected chi connectivity index (χ0v) is 11.4. The van der Waals surface area contributed by atoms with E-state index in [-0.39, 0.29) is 21.4 Å². The molecule has 1 saturated carbocycles. The second-order valence-electron chi connectivity index (χ2n) is 4.32. The van der Waals surface area contributed by atoms with E-state index in [1.165, 1.54) is 18.2 Å². The normalized spacial score (nSPS) is 16.4. The summed E-state index contributed by atoms with van der Waals surface area (Å²) in [7, 11) is -3.85. The van der Waals surface area contributed by atoms with Gasteiger partial charge in [0.1, 0.15) is 10.9 Å². The molecule has 0 aliphatic heterocycles. The molecule has 0 heterocycles. The highest BCUT2D eigenvalue weighted by atomic mass is 35.5. The number of nitrogens with zero attached hydrogens (tertiary/aromatic N) is 2. The predicted molar refractivity (Wildman–Crippen MR) is 68.6 cm³/mol. The molecule has 2 rings (SSSR count). The summed E-state index contributed by atoms with van der Waals surface area (Å²) in [6, 6.07) is 7.02. The molecule has 0 aromatic heterocycles. The molecule has 19 heavy (non-hydrogen) atoms. The maximum atomic E-state index is 12.1. The average Bonchev–Trinajstić information content (AvgIpc) is 3.19. The van der Waals surface area contributed by atoms with Crippen LogP contribution < -0.4 is 4.72 Å². The van der Waals surface area contributed by atoms with Gasteiger partial charge in [-0.05, 0) is 37.0 Å². The van der Waals surface area contributed by atoms with Crippen molar-refractivity contribution in [1.29, 1.82) is 10.5 Å². The topological polar surface area (TPSA) is 93.8 Å². The van der Waals surface area contributed by atoms with E-state index in [1.54, 1.807) is 0 Å². The van der Waals surface area contributed by atoms with Crippen molar-refractivity contribution >= 4 is 21.6 Å². The highest BCUT2D eigenvalue weighted by Crippen LogP contribution is 2.33. The second kappa shape index (κ2) is 5.18. The smallest absolute Gasteiger partial charge is 0.207 e. The van der Waals surface area contributed by atoms with E-state index in [0.29, 0.717) is 0 Å². The summed E-state index contributed by atoms with van der Waals surface area (Å²) in [5.74, 6) is 0.0805. The highest BCUT2D eigenvalue weighted by Gasteiger charge is 2.34. The Kier molecular flexibility index (Phi) is 3.77. The Bertz CT molecular complexity index is 684. The summed E-state index contributed by atoms with van der Waals surface area (Å²) in [5.41, 5.74) is 0.281. The minimum atomic E-state index is -3.85. The fourth-order valence-corrected chi connectivity index (χ4v) is 3.43. The van der Waals surface area contributed by atoms with E-state index < -0.39 is 16.1 Å². The van der Waals surface area contributed by atoms with Crippen LogP contribution in [0.15, 0.2) is 23.1 Å². The van der Waals surface area contributed by atoms with Gasteiger partial charge in [0.15, 0.2) is 0 Å². The molecule has 7 heteroatoms. The van der Waals surface area contributed by atoms with Crippen LogP contribution in [-0.4, -0.2) is 14.5 Å². The fraction of sp³-hybridized carbons (Fsp3) is 0.333. The first-order chi connectivity index (χ1) is 8.97. The number of halogens is 1. The SMILES string of the molecule is N#Cc1ccc(S(=O)(=O)NC(C#N)C2CC2)c(Cl)c1. The molecule has 1 unspecified atom stereocenters. The van der Waals surface area contributed by atoms with E-state index in [9.17, 15) is 8.42 Å². The van der Waals surface area contributed by atoms with Crippen molar-refractivity contribution in [2.75, 3.05) is 0 Å². The average molecular weight is 296 g/mol. The molecule has 98 valence electrons. The molecule has 1 aromatic rings. The van der Waals surface area contributed by atoms with E-state index in [1.807, 2.05) is 12.1 Å². The van der Waals surface area contributed by atoms with Gasteiger partial charge in [-0.2, -0.15) is 15.2 Å². The molecule has 1 atom stereocenters. The molecule has 1 aromatic carbocycles. The number of benzene rings is 1. The van der Waals surface area contributed by atoms with Gasteiger partial charge >= 0.3 is 0 Å². The van der Waals surface area contributed by atoms with Gasteiger partial charge in [-0.25, -0.2) is 8.42 Å². The lowest BCUT2D eigenvalue weighted by molar-refractivity contribution is 0.560. The van der Waals surface area contributed by atoms with Crippen molar-refractivity contribution in [2.24, 2.45) is 5.92 Å². The van der Waals surface area contributed by atoms with Crippen LogP contribution in [0.1, 0.15) is 18.4 Å². The molecule has 0 spiro atoms. The predicted octanol–water partition coefficient (Wildman–Crippen LogP) is 1.79. The van der Waals surface area contributed by atoms with Crippen molar-refractivity contribution in [2.45, 2.75) is 23.8 Å². The lowest BCUT2D eigenvalue weighted by Crippen LogP contribution is -2.35. The summed E-state index contributed by atoms with van der Waals surface area (Å²) >= 11 is 5.86. The van der Waals surface area contributed by atoms with Crippen molar-refractivity contribution in [1.82, 2.24) is 4.72 Å². The minimum Gasteiger partial charge on any atom is -0.207 e. The Morgan fingerprint density at radius 2 is 2.05 bits per heavy atom. The van der Waals surface area contributed by atoms with Gasteiger partial charge in [0, 0.05) is 0 Å². The highest BCUT2D eigenvalue weighted by molar-refractivity contribution is 7.89. The summed E-state index contributed by atoms with van der Waals surface area (Å²) in [5, 5.41) is 17.6. The third-order valence-electron chi connectivity index (χ3n) is 2.87. The Balaban J connectivity index is 2.29. The number of rotatable bonds is 4. The van der Waals surface area contributed by atoms with Crippen molar-refractivity contribution in [3.63, 3.8) is 0 Å². The number of sulfonamides is 1. The van der Waals surface area contributed by atoms with E-state index in [2.05, 4.69) is 4.72 Å². The third-order valence-corrected chi connectivity index (χ3v) is 4.79. The largest absolute Gasteiger partial charge is 0.243 e. The Morgan fingerprint density at radius 3 is 2.53 bits per heavy atom. The van der Waals surface area contributed by atoms with Gasteiger partial charge in [0.25, 0.3) is 0 Å². The lowest BCUT2D eigenvalue weighted by Gasteiger charge is -2.12. The van der Waals surface area contributed by atoms with Crippen LogP contribution in [0.2, 0.25) is 5.02 Å². The van der Waals surface area contributed by atoms with Crippen LogP contribution in [0.5, 0.6) is 0 Å². The molecule has 0 radical (unpaired) electrons. The van der Waals surface area contributed by atoms with Gasteiger partial charge < -0.3 is 0 Å². The fourth-order valence-electron chi connectivity index (χ4n) is 1.68. The quantitative estimate of drug-likeness (QED) is 0.916. The molecular weight excluding hydrogens is 286 g/mol. The summed E-state index contributed by atoms with van der Waals surface area (Å²) in [6.45, 7) is 0. The Labute approximate surface area is 116 Å². The third kappa shape index (κ3) is 3.05. The molecule has 1 N–H and O–H groups in total. The lowest BCUT2D eigenvalue weighted by atomic mass is 10.2. The minimum absolute atomic E-state index is 0.0287. The monoisotopic (exact) mass is 295 g/mol. The molecule has 1 aliphatic rings. The summed E-state index contributed by atoms with van der Waals surface area (Å²) in [4.78, 5) is -0.117. The molecule has 0 bridgehead atoms. The first-order valence-corrected chi connectivity index (χ1v) is 7.45. The van der Waals surface area contributed by atoms with Crippen LogP contribution in [0.25, 0.3) is 0 Å². The first kappa shape index (κ1) is 13.8. The second-order valence-corrected chi connectivity index (χ2v) is 6.41. The zero-order chi connectivity index (χ0) is 14.0. The molecule has 5 nitrogen and oxygen atoms in total. The number of nitrogens with one attached hydrogen (secondary N) is 1. The van der Waals surface area contributed by atoms with E-state index in [0.717, 1.165) is 12.8 Å². The van der Waals surface area contributed by atoms with E-state index in [4.69, 9.17) is 22.1 Å². The number of hydrogen-bond acceptors (Lipinski definition) is 4. The van der Waals surface area contributed by atoms with Gasteiger partial charge in [0.05, 0.1) is 22.7 Å². The van der Waals surface area contributed by atoms with Crippen molar-refractivity contribution < 1.29 is 8.42 Å². The van der Waals surface area contributed by atoms with Crippen LogP contribution >= 0.6 is 11.6 Å². The van der Waals surface area contributed by atoms with Gasteiger partial charge in [-0.3, -0.25) is 0 Å². The summed E-state index contributed by atoms with van der Waals surface area (Å²) in [6.07, 6.45) is 1.70. The van der Waals surface area contributed by atoms with E-state index >= 15 is 0 Å². The molecular formula is C12H10ClN3O2S. The van der Waals surface area contributed by atoms with Crippen LogP contribution in [0.3, 0.4) is 0 Å². The molecule has 1 aliphatic carbocycles. The van der Waals surface area contributed by atoms with Crippen LogP contribution in [0, 0.1) is 28.6 Å². The molecule has 1 fully saturated rings. The van der Waals surface area contributed by atoms with Gasteiger partial charge in [-0.15, -0.1) is 0 Å². The van der Waals surface area contributed by atoms with Crippen LogP contribution in [0.4, 0.5) is 0 Å². The van der Waals surface area contributed by atoms with Gasteiger partial charge in [-0.1, -0.05) is 11.6 Å². The molecule has 0 amide bonds. The Hall–Kier alpha value is -1.60. The maximum absolute atomic E-state index is 12.1. The summed E-state index contributed by atoms with van der Waals surface area (Å²) < 4.78 is 26.6. The number of hydrogen-bond donors (Lipinski definition) is 1. The molecule has 0 saturated heterocycles. The standard InChI is InChI=1S/C12H10ClN3O2S/c13-10-5-8(6-14)1-4-12(10)19(17,18)16-11(7-15)9-2-3-9/h1,4-5,9,11,16H,2-3H2. The zero-order valence-electron chi connectivity index (χ0n) is 9.80. The van der Waals surface area contributed by atoms with Crippen LogP contribution in [-0.2, 0) is 10.0 Å². The number of nitriles is 2. The maximum Gasteiger partial charge on any atom is 0.243 e.